The van der Waals surface area contributed by atoms with Gasteiger partial charge in [-0.3, -0.25) is 4.79 Å². The second-order valence-electron chi connectivity index (χ2n) is 5.86. The molecule has 1 fully saturated rings. The summed E-state index contributed by atoms with van der Waals surface area (Å²) in [6.45, 7) is 6.76. The van der Waals surface area contributed by atoms with Crippen LogP contribution < -0.4 is 20.7 Å². The number of hydrogen-bond donors (Lipinski definition) is 3. The van der Waals surface area contributed by atoms with Crippen molar-refractivity contribution in [3.05, 3.63) is 29.8 Å². The molecule has 7 heteroatoms. The Bertz CT molecular complexity index is 562. The molecule has 1 aromatic carbocycles. The van der Waals surface area contributed by atoms with Crippen LogP contribution in [0.1, 0.15) is 32.3 Å². The van der Waals surface area contributed by atoms with Gasteiger partial charge in [0, 0.05) is 18.7 Å². The number of nitrogens with zero attached hydrogens (tertiary/aromatic N) is 1. The largest absolute Gasteiger partial charge is 0.493 e. The predicted molar refractivity (Wildman–Crippen MR) is 112 cm³/mol. The van der Waals surface area contributed by atoms with Gasteiger partial charge in [0.15, 0.2) is 5.96 Å². The first-order valence-corrected chi connectivity index (χ1v) is 8.72. The van der Waals surface area contributed by atoms with Crippen molar-refractivity contribution in [2.75, 3.05) is 26.2 Å². The summed E-state index contributed by atoms with van der Waals surface area (Å²) in [6.07, 6.45) is 2.54. The number of nitrogens with one attached hydrogen (secondary N) is 3. The first kappa shape index (κ1) is 21.5. The topological polar surface area (TPSA) is 74.8 Å². The zero-order chi connectivity index (χ0) is 17.2. The Labute approximate surface area is 167 Å². The minimum absolute atomic E-state index is 0. The van der Waals surface area contributed by atoms with Gasteiger partial charge in [0.1, 0.15) is 5.75 Å². The van der Waals surface area contributed by atoms with Crippen molar-refractivity contribution in [3.63, 3.8) is 0 Å². The van der Waals surface area contributed by atoms with Gasteiger partial charge in [-0.2, -0.15) is 0 Å². The summed E-state index contributed by atoms with van der Waals surface area (Å²) in [5, 5.41) is 8.94. The van der Waals surface area contributed by atoms with E-state index in [-0.39, 0.29) is 36.4 Å². The van der Waals surface area contributed by atoms with Crippen LogP contribution in [0.2, 0.25) is 0 Å². The van der Waals surface area contributed by atoms with Crippen molar-refractivity contribution in [2.24, 2.45) is 10.9 Å². The Morgan fingerprint density at radius 2 is 1.88 bits per heavy atom. The molecule has 0 unspecified atom stereocenters. The highest BCUT2D eigenvalue weighted by atomic mass is 127. The maximum absolute atomic E-state index is 11.6. The lowest BCUT2D eigenvalue weighted by atomic mass is 10.2. The van der Waals surface area contributed by atoms with Gasteiger partial charge >= 0.3 is 0 Å². The number of amides is 1. The van der Waals surface area contributed by atoms with Crippen molar-refractivity contribution < 1.29 is 9.53 Å². The summed E-state index contributed by atoms with van der Waals surface area (Å²) < 4.78 is 5.91. The zero-order valence-electron chi connectivity index (χ0n) is 15.0. The van der Waals surface area contributed by atoms with E-state index in [0.717, 1.165) is 30.4 Å². The van der Waals surface area contributed by atoms with Gasteiger partial charge in [-0.05, 0) is 38.7 Å². The van der Waals surface area contributed by atoms with E-state index in [1.165, 1.54) is 12.8 Å². The summed E-state index contributed by atoms with van der Waals surface area (Å²) >= 11 is 0. The molecule has 0 bridgehead atoms. The van der Waals surface area contributed by atoms with Crippen molar-refractivity contribution >= 4 is 35.8 Å². The average Bonchev–Trinajstić information content (AvgIpc) is 3.41. The third kappa shape index (κ3) is 8.42. The van der Waals surface area contributed by atoms with Crippen molar-refractivity contribution in [3.8, 4) is 5.75 Å². The zero-order valence-corrected chi connectivity index (χ0v) is 17.3. The molecule has 0 aromatic heterocycles. The van der Waals surface area contributed by atoms with E-state index in [1.54, 1.807) is 0 Å². The van der Waals surface area contributed by atoms with Crippen molar-refractivity contribution in [1.29, 1.82) is 0 Å². The first-order valence-electron chi connectivity index (χ1n) is 8.72. The maximum atomic E-state index is 11.6. The molecular formula is C18H29IN4O2. The van der Waals surface area contributed by atoms with Crippen LogP contribution >= 0.6 is 24.0 Å². The van der Waals surface area contributed by atoms with Gasteiger partial charge < -0.3 is 20.7 Å². The van der Waals surface area contributed by atoms with Gasteiger partial charge in [-0.1, -0.05) is 18.2 Å². The van der Waals surface area contributed by atoms with Gasteiger partial charge in [0.2, 0.25) is 5.91 Å². The first-order chi connectivity index (χ1) is 11.7. The molecule has 0 atom stereocenters. The third-order valence-electron chi connectivity index (χ3n) is 3.69. The normalized spacial score (nSPS) is 13.6. The lowest BCUT2D eigenvalue weighted by Gasteiger charge is -2.13. The van der Waals surface area contributed by atoms with E-state index in [9.17, 15) is 4.79 Å². The number of ether oxygens (including phenoxy) is 1. The van der Waals surface area contributed by atoms with E-state index in [1.807, 2.05) is 38.1 Å². The maximum Gasteiger partial charge on any atom is 0.239 e. The summed E-state index contributed by atoms with van der Waals surface area (Å²) in [4.78, 5) is 16.1. The highest BCUT2D eigenvalue weighted by Gasteiger charge is 2.22. The molecule has 140 valence electrons. The van der Waals surface area contributed by atoms with Gasteiger partial charge in [0.05, 0.1) is 19.7 Å². The van der Waals surface area contributed by atoms with Crippen LogP contribution in [0, 0.1) is 5.92 Å². The fourth-order valence-corrected chi connectivity index (χ4v) is 2.20. The molecule has 0 spiro atoms. The van der Waals surface area contributed by atoms with E-state index in [4.69, 9.17) is 4.74 Å². The Kier molecular flexibility index (Phi) is 10.3. The molecule has 6 nitrogen and oxygen atoms in total. The highest BCUT2D eigenvalue weighted by Crippen LogP contribution is 2.30. The second-order valence-corrected chi connectivity index (χ2v) is 5.86. The summed E-state index contributed by atoms with van der Waals surface area (Å²) in [7, 11) is 0. The quantitative estimate of drug-likeness (QED) is 0.301. The molecule has 1 amide bonds. The van der Waals surface area contributed by atoms with E-state index < -0.39 is 0 Å². The average molecular weight is 460 g/mol. The number of guanidine groups is 1. The number of carbonyl (C=O) groups excluding carboxylic acids is 1. The van der Waals surface area contributed by atoms with Crippen molar-refractivity contribution in [2.45, 2.75) is 33.2 Å². The number of likely N-dealkylation sites (N-methyl/N-ethyl adjacent to an activating group) is 1. The molecule has 0 aliphatic heterocycles. The highest BCUT2D eigenvalue weighted by molar-refractivity contribution is 14.0. The molecular weight excluding hydrogens is 431 g/mol. The van der Waals surface area contributed by atoms with Gasteiger partial charge in [-0.15, -0.1) is 24.0 Å². The summed E-state index contributed by atoms with van der Waals surface area (Å²) in [5.41, 5.74) is 1.05. The monoisotopic (exact) mass is 460 g/mol. The number of rotatable bonds is 9. The lowest BCUT2D eigenvalue weighted by Crippen LogP contribution is -2.43. The van der Waals surface area contributed by atoms with Crippen LogP contribution in [0.5, 0.6) is 5.75 Å². The Morgan fingerprint density at radius 1 is 1.16 bits per heavy atom. The number of aliphatic imine (C=N–C) groups is 1. The fraction of sp³-hybridized carbons (Fsp3) is 0.556. The van der Waals surface area contributed by atoms with Crippen LogP contribution in [0.4, 0.5) is 0 Å². The third-order valence-corrected chi connectivity index (χ3v) is 3.69. The van der Waals surface area contributed by atoms with Gasteiger partial charge in [0.25, 0.3) is 0 Å². The predicted octanol–water partition coefficient (Wildman–Crippen LogP) is 2.28. The molecule has 1 aliphatic carbocycles. The van der Waals surface area contributed by atoms with Crippen LogP contribution in [0.15, 0.2) is 29.3 Å². The fourth-order valence-electron chi connectivity index (χ4n) is 2.20. The molecule has 1 saturated carbocycles. The SMILES string of the molecule is CCNC(=O)CNC(=NCc1ccccc1OCC1CC1)NCC.I. The molecule has 0 radical (unpaired) electrons. The molecule has 0 heterocycles. The number of halogens is 1. The van der Waals surface area contributed by atoms with E-state index in [2.05, 4.69) is 20.9 Å². The number of benzene rings is 1. The standard InChI is InChI=1S/C18H28N4O2.HI/c1-3-19-17(23)12-22-18(20-4-2)21-11-15-7-5-6-8-16(15)24-13-14-9-10-14;/h5-8,14H,3-4,9-13H2,1-2H3,(H,19,23)(H2,20,21,22);1H. The Morgan fingerprint density at radius 3 is 2.56 bits per heavy atom. The number of hydrogen-bond acceptors (Lipinski definition) is 3. The molecule has 3 N–H and O–H groups in total. The van der Waals surface area contributed by atoms with E-state index >= 15 is 0 Å². The molecule has 1 aliphatic rings. The number of carbonyl (C=O) groups is 1. The molecule has 25 heavy (non-hydrogen) atoms. The minimum atomic E-state index is -0.0451. The van der Waals surface area contributed by atoms with Crippen molar-refractivity contribution in [1.82, 2.24) is 16.0 Å². The van der Waals surface area contributed by atoms with Crippen LogP contribution in [-0.4, -0.2) is 38.1 Å². The Hall–Kier alpha value is -1.51. The smallest absolute Gasteiger partial charge is 0.239 e. The van der Waals surface area contributed by atoms with Crippen LogP contribution in [0.3, 0.4) is 0 Å². The molecule has 1 aromatic rings. The summed E-state index contributed by atoms with van der Waals surface area (Å²) in [5.74, 6) is 2.20. The van der Waals surface area contributed by atoms with Crippen LogP contribution in [0.25, 0.3) is 0 Å². The van der Waals surface area contributed by atoms with Crippen LogP contribution in [-0.2, 0) is 11.3 Å². The number of para-hydroxylation sites is 1. The lowest BCUT2D eigenvalue weighted by molar-refractivity contribution is -0.119. The van der Waals surface area contributed by atoms with E-state index in [0.29, 0.717) is 19.0 Å². The molecule has 0 saturated heterocycles. The second kappa shape index (κ2) is 11.9. The van der Waals surface area contributed by atoms with Gasteiger partial charge in [-0.25, -0.2) is 4.99 Å². The molecule has 2 rings (SSSR count). The minimum Gasteiger partial charge on any atom is -0.493 e. The summed E-state index contributed by atoms with van der Waals surface area (Å²) in [6, 6.07) is 7.99. The Balaban J connectivity index is 0.00000312.